The standard InChI is InChI=1S/C13H17FN2O2.ClH/c1-9(7-12(17)16-6-5-15)13(18)10-3-2-4-11(14)8-10;/h2-4,8-9H,5-7,15H2,1H3,(H,16,17);1H. The molecule has 0 saturated heterocycles. The van der Waals surface area contributed by atoms with Gasteiger partial charge < -0.3 is 11.1 Å². The van der Waals surface area contributed by atoms with E-state index in [0.717, 1.165) is 0 Å². The number of ketones is 1. The maximum atomic E-state index is 13.0. The molecule has 1 unspecified atom stereocenters. The second-order valence-electron chi connectivity index (χ2n) is 4.12. The van der Waals surface area contributed by atoms with E-state index in [0.29, 0.717) is 13.1 Å². The SMILES string of the molecule is CC(CC(=O)NCCN)C(=O)c1cccc(F)c1.Cl. The number of carbonyl (C=O) groups is 2. The first-order chi connectivity index (χ1) is 8.54. The average Bonchev–Trinajstić information content (AvgIpc) is 2.35. The molecule has 0 aliphatic rings. The van der Waals surface area contributed by atoms with Crippen molar-refractivity contribution in [2.75, 3.05) is 13.1 Å². The van der Waals surface area contributed by atoms with E-state index in [1.165, 1.54) is 18.2 Å². The van der Waals surface area contributed by atoms with Crippen molar-refractivity contribution in [2.45, 2.75) is 13.3 Å². The van der Waals surface area contributed by atoms with Gasteiger partial charge in [-0.3, -0.25) is 9.59 Å². The van der Waals surface area contributed by atoms with Gasteiger partial charge in [-0.1, -0.05) is 19.1 Å². The third kappa shape index (κ3) is 5.81. The Hall–Kier alpha value is -1.46. The molecule has 19 heavy (non-hydrogen) atoms. The zero-order valence-electron chi connectivity index (χ0n) is 10.7. The van der Waals surface area contributed by atoms with E-state index >= 15 is 0 Å². The molecule has 6 heteroatoms. The van der Waals surface area contributed by atoms with Gasteiger partial charge in [-0.15, -0.1) is 12.4 Å². The predicted molar refractivity (Wildman–Crippen MR) is 73.8 cm³/mol. The van der Waals surface area contributed by atoms with Crippen LogP contribution in [-0.2, 0) is 4.79 Å². The number of nitrogens with one attached hydrogen (secondary N) is 1. The molecule has 0 bridgehead atoms. The van der Waals surface area contributed by atoms with Crippen molar-refractivity contribution < 1.29 is 14.0 Å². The van der Waals surface area contributed by atoms with Crippen LogP contribution < -0.4 is 11.1 Å². The van der Waals surface area contributed by atoms with Gasteiger partial charge in [0.25, 0.3) is 0 Å². The van der Waals surface area contributed by atoms with Crippen molar-refractivity contribution in [2.24, 2.45) is 11.7 Å². The molecule has 1 atom stereocenters. The van der Waals surface area contributed by atoms with Crippen LogP contribution in [0, 0.1) is 11.7 Å². The highest BCUT2D eigenvalue weighted by atomic mass is 35.5. The molecule has 1 aromatic carbocycles. The summed E-state index contributed by atoms with van der Waals surface area (Å²) in [5, 5.41) is 2.59. The van der Waals surface area contributed by atoms with Crippen LogP contribution in [0.2, 0.25) is 0 Å². The summed E-state index contributed by atoms with van der Waals surface area (Å²) in [5.41, 5.74) is 5.54. The van der Waals surface area contributed by atoms with Gasteiger partial charge in [0.15, 0.2) is 5.78 Å². The summed E-state index contributed by atoms with van der Waals surface area (Å²) in [6.07, 6.45) is 0.0787. The fourth-order valence-corrected chi connectivity index (χ4v) is 1.58. The molecule has 0 aromatic heterocycles. The van der Waals surface area contributed by atoms with Gasteiger partial charge in [0.05, 0.1) is 0 Å². The Morgan fingerprint density at radius 2 is 2.11 bits per heavy atom. The van der Waals surface area contributed by atoms with Gasteiger partial charge in [0, 0.05) is 31.0 Å². The lowest BCUT2D eigenvalue weighted by Crippen LogP contribution is -2.31. The number of Topliss-reactive ketones (excluding diaryl/α,β-unsaturated/α-hetero) is 1. The summed E-state index contributed by atoms with van der Waals surface area (Å²) in [6.45, 7) is 2.40. The molecule has 3 N–H and O–H groups in total. The Labute approximate surface area is 118 Å². The highest BCUT2D eigenvalue weighted by molar-refractivity contribution is 5.99. The van der Waals surface area contributed by atoms with E-state index in [9.17, 15) is 14.0 Å². The van der Waals surface area contributed by atoms with E-state index in [4.69, 9.17) is 5.73 Å². The number of carbonyl (C=O) groups excluding carboxylic acids is 2. The topological polar surface area (TPSA) is 72.2 Å². The van der Waals surface area contributed by atoms with Crippen LogP contribution in [0.3, 0.4) is 0 Å². The van der Waals surface area contributed by atoms with Gasteiger partial charge in [-0.2, -0.15) is 0 Å². The monoisotopic (exact) mass is 288 g/mol. The summed E-state index contributed by atoms with van der Waals surface area (Å²) >= 11 is 0. The van der Waals surface area contributed by atoms with E-state index in [-0.39, 0.29) is 36.1 Å². The fraction of sp³-hybridized carbons (Fsp3) is 0.385. The molecule has 0 saturated carbocycles. The zero-order chi connectivity index (χ0) is 13.5. The summed E-state index contributed by atoms with van der Waals surface area (Å²) in [6, 6.07) is 5.47. The molecular weight excluding hydrogens is 271 g/mol. The van der Waals surface area contributed by atoms with Crippen LogP contribution in [0.15, 0.2) is 24.3 Å². The van der Waals surface area contributed by atoms with Crippen LogP contribution in [0.25, 0.3) is 0 Å². The maximum Gasteiger partial charge on any atom is 0.220 e. The van der Waals surface area contributed by atoms with E-state index in [1.807, 2.05) is 0 Å². The quantitative estimate of drug-likeness (QED) is 0.780. The number of hydrogen-bond donors (Lipinski definition) is 2. The summed E-state index contributed by atoms with van der Waals surface area (Å²) in [5.74, 6) is -1.40. The van der Waals surface area contributed by atoms with Crippen molar-refractivity contribution in [3.63, 3.8) is 0 Å². The normalized spacial score (nSPS) is 11.3. The number of hydrogen-bond acceptors (Lipinski definition) is 3. The van der Waals surface area contributed by atoms with Crippen LogP contribution in [0.5, 0.6) is 0 Å². The highest BCUT2D eigenvalue weighted by Crippen LogP contribution is 2.13. The van der Waals surface area contributed by atoms with E-state index in [2.05, 4.69) is 5.32 Å². The summed E-state index contributed by atoms with van der Waals surface area (Å²) in [7, 11) is 0. The first-order valence-electron chi connectivity index (χ1n) is 5.81. The molecule has 4 nitrogen and oxygen atoms in total. The molecule has 0 aliphatic heterocycles. The van der Waals surface area contributed by atoms with Gasteiger partial charge in [0.2, 0.25) is 5.91 Å². The van der Waals surface area contributed by atoms with Crippen LogP contribution >= 0.6 is 12.4 Å². The summed E-state index contributed by atoms with van der Waals surface area (Å²) < 4.78 is 13.0. The molecule has 0 aliphatic carbocycles. The Morgan fingerprint density at radius 1 is 1.42 bits per heavy atom. The Morgan fingerprint density at radius 3 is 2.68 bits per heavy atom. The van der Waals surface area contributed by atoms with Crippen molar-refractivity contribution in [3.8, 4) is 0 Å². The lowest BCUT2D eigenvalue weighted by Gasteiger charge is -2.10. The number of halogens is 2. The van der Waals surface area contributed by atoms with Crippen molar-refractivity contribution >= 4 is 24.1 Å². The fourth-order valence-electron chi connectivity index (χ4n) is 1.58. The largest absolute Gasteiger partial charge is 0.355 e. The van der Waals surface area contributed by atoms with Gasteiger partial charge in [-0.25, -0.2) is 4.39 Å². The summed E-state index contributed by atoms with van der Waals surface area (Å²) in [4.78, 5) is 23.4. The minimum Gasteiger partial charge on any atom is -0.355 e. The van der Waals surface area contributed by atoms with Crippen LogP contribution in [0.4, 0.5) is 4.39 Å². The first-order valence-corrected chi connectivity index (χ1v) is 5.81. The third-order valence-corrected chi connectivity index (χ3v) is 2.51. The predicted octanol–water partition coefficient (Wildman–Crippen LogP) is 1.53. The zero-order valence-corrected chi connectivity index (χ0v) is 11.5. The number of rotatable bonds is 6. The van der Waals surface area contributed by atoms with E-state index in [1.54, 1.807) is 13.0 Å². The van der Waals surface area contributed by atoms with Crippen molar-refractivity contribution in [3.05, 3.63) is 35.6 Å². The maximum absolute atomic E-state index is 13.0. The molecule has 1 rings (SSSR count). The smallest absolute Gasteiger partial charge is 0.220 e. The number of nitrogens with two attached hydrogens (primary N) is 1. The molecule has 1 amide bonds. The van der Waals surface area contributed by atoms with Gasteiger partial charge >= 0.3 is 0 Å². The molecule has 1 aromatic rings. The molecular formula is C13H18ClFN2O2. The minimum absolute atomic E-state index is 0. The molecule has 0 radical (unpaired) electrons. The van der Waals surface area contributed by atoms with Crippen molar-refractivity contribution in [1.82, 2.24) is 5.32 Å². The first kappa shape index (κ1) is 17.5. The Bertz CT molecular complexity index is 440. The Kier molecular flexibility index (Phi) is 7.95. The van der Waals surface area contributed by atoms with Crippen LogP contribution in [-0.4, -0.2) is 24.8 Å². The Balaban J connectivity index is 0.00000324. The second-order valence-corrected chi connectivity index (χ2v) is 4.12. The average molecular weight is 289 g/mol. The number of amides is 1. The van der Waals surface area contributed by atoms with Crippen molar-refractivity contribution in [1.29, 1.82) is 0 Å². The van der Waals surface area contributed by atoms with E-state index < -0.39 is 11.7 Å². The molecule has 0 heterocycles. The highest BCUT2D eigenvalue weighted by Gasteiger charge is 2.18. The number of benzene rings is 1. The molecule has 106 valence electrons. The van der Waals surface area contributed by atoms with Crippen LogP contribution in [0.1, 0.15) is 23.7 Å². The third-order valence-electron chi connectivity index (χ3n) is 2.51. The lowest BCUT2D eigenvalue weighted by atomic mass is 9.96. The van der Waals surface area contributed by atoms with Gasteiger partial charge in [0.1, 0.15) is 5.82 Å². The minimum atomic E-state index is -0.482. The lowest BCUT2D eigenvalue weighted by molar-refractivity contribution is -0.121. The second kappa shape index (κ2) is 8.61. The molecule has 0 fully saturated rings. The van der Waals surface area contributed by atoms with Gasteiger partial charge in [-0.05, 0) is 12.1 Å². The molecule has 0 spiro atoms.